The molecule has 5 rings (SSSR count). The van der Waals surface area contributed by atoms with Crippen LogP contribution >= 0.6 is 0 Å². The number of nitrogens with zero attached hydrogens (tertiary/aromatic N) is 5. The summed E-state index contributed by atoms with van der Waals surface area (Å²) in [6.45, 7) is 4.43. The molecular formula is C27H30N6O3. The van der Waals surface area contributed by atoms with Crippen molar-refractivity contribution in [3.63, 3.8) is 0 Å². The number of nitrogens with one attached hydrogen (secondary N) is 1. The lowest BCUT2D eigenvalue weighted by molar-refractivity contribution is -0.127. The van der Waals surface area contributed by atoms with Crippen LogP contribution in [-0.4, -0.2) is 55.5 Å². The average Bonchev–Trinajstić information content (AvgIpc) is 3.50. The molecule has 186 valence electrons. The molecule has 1 saturated heterocycles. The quantitative estimate of drug-likeness (QED) is 0.366. The lowest BCUT2D eigenvalue weighted by atomic mass is 10.1. The smallest absolute Gasteiger partial charge is 0.263 e. The number of amides is 2. The van der Waals surface area contributed by atoms with Crippen LogP contribution in [0.2, 0.25) is 0 Å². The summed E-state index contributed by atoms with van der Waals surface area (Å²) in [5.74, 6) is 1.23. The van der Waals surface area contributed by atoms with Crippen molar-refractivity contribution in [2.45, 2.75) is 45.6 Å². The molecule has 4 aromatic rings. The molecule has 2 aromatic heterocycles. The van der Waals surface area contributed by atoms with Gasteiger partial charge in [0.05, 0.1) is 17.4 Å². The van der Waals surface area contributed by atoms with Crippen LogP contribution in [-0.2, 0) is 22.6 Å². The van der Waals surface area contributed by atoms with Gasteiger partial charge in [-0.2, -0.15) is 0 Å². The Labute approximate surface area is 208 Å². The molecule has 1 fully saturated rings. The first-order valence-corrected chi connectivity index (χ1v) is 12.5. The van der Waals surface area contributed by atoms with Crippen LogP contribution in [0.5, 0.6) is 0 Å². The highest BCUT2D eigenvalue weighted by Gasteiger charge is 2.20. The van der Waals surface area contributed by atoms with E-state index in [0.29, 0.717) is 49.5 Å². The van der Waals surface area contributed by atoms with E-state index in [-0.39, 0.29) is 23.8 Å². The number of para-hydroxylation sites is 1. The van der Waals surface area contributed by atoms with Crippen molar-refractivity contribution in [1.82, 2.24) is 29.4 Å². The van der Waals surface area contributed by atoms with E-state index in [1.54, 1.807) is 4.57 Å². The lowest BCUT2D eigenvalue weighted by Crippen LogP contribution is -2.30. The van der Waals surface area contributed by atoms with Crippen molar-refractivity contribution in [1.29, 1.82) is 0 Å². The first kappa shape index (κ1) is 23.7. The Morgan fingerprint density at radius 3 is 2.64 bits per heavy atom. The fourth-order valence-corrected chi connectivity index (χ4v) is 4.75. The molecule has 0 atom stereocenters. The highest BCUT2D eigenvalue weighted by atomic mass is 16.2. The molecule has 9 nitrogen and oxygen atoms in total. The molecule has 36 heavy (non-hydrogen) atoms. The van der Waals surface area contributed by atoms with Crippen LogP contribution in [0.3, 0.4) is 0 Å². The van der Waals surface area contributed by atoms with Crippen molar-refractivity contribution < 1.29 is 9.59 Å². The van der Waals surface area contributed by atoms with Gasteiger partial charge in [0.25, 0.3) is 5.56 Å². The van der Waals surface area contributed by atoms with E-state index < -0.39 is 0 Å². The molecule has 2 amide bonds. The molecule has 0 bridgehead atoms. The van der Waals surface area contributed by atoms with Crippen LogP contribution in [0, 0.1) is 6.92 Å². The van der Waals surface area contributed by atoms with E-state index in [2.05, 4.69) is 15.5 Å². The van der Waals surface area contributed by atoms with E-state index in [0.717, 1.165) is 36.0 Å². The zero-order valence-corrected chi connectivity index (χ0v) is 20.4. The maximum atomic E-state index is 13.3. The number of likely N-dealkylation sites (tertiary alicyclic amines) is 1. The largest absolute Gasteiger partial charge is 0.356 e. The van der Waals surface area contributed by atoms with Crippen LogP contribution in [0.1, 0.15) is 42.6 Å². The second kappa shape index (κ2) is 10.3. The molecule has 0 saturated carbocycles. The summed E-state index contributed by atoms with van der Waals surface area (Å²) < 4.78 is 3.53. The van der Waals surface area contributed by atoms with Gasteiger partial charge in [0.15, 0.2) is 0 Å². The Bertz CT molecular complexity index is 1470. The van der Waals surface area contributed by atoms with Gasteiger partial charge in [0.2, 0.25) is 17.6 Å². The van der Waals surface area contributed by atoms with Crippen LogP contribution < -0.4 is 10.9 Å². The number of rotatable bonds is 9. The Morgan fingerprint density at radius 2 is 1.86 bits per heavy atom. The van der Waals surface area contributed by atoms with E-state index in [9.17, 15) is 14.4 Å². The Hall–Kier alpha value is -4.01. The second-order valence-electron chi connectivity index (χ2n) is 9.33. The average molecular weight is 487 g/mol. The highest BCUT2D eigenvalue weighted by molar-refractivity contribution is 5.81. The molecular weight excluding hydrogens is 456 g/mol. The molecule has 1 aliphatic rings. The number of hydrogen-bond donors (Lipinski definition) is 1. The van der Waals surface area contributed by atoms with Crippen LogP contribution in [0.15, 0.2) is 53.3 Å². The third-order valence-corrected chi connectivity index (χ3v) is 6.71. The first-order valence-electron chi connectivity index (χ1n) is 12.5. The number of carbonyl (C=O) groups is 2. The predicted octanol–water partition coefficient (Wildman–Crippen LogP) is 2.46. The zero-order valence-electron chi connectivity index (χ0n) is 20.4. The summed E-state index contributed by atoms with van der Waals surface area (Å²) in [6.07, 6.45) is 2.94. The maximum Gasteiger partial charge on any atom is 0.263 e. The van der Waals surface area contributed by atoms with Crippen molar-refractivity contribution in [3.05, 3.63) is 75.8 Å². The van der Waals surface area contributed by atoms with Gasteiger partial charge in [-0.25, -0.2) is 0 Å². The van der Waals surface area contributed by atoms with Crippen molar-refractivity contribution >= 4 is 28.5 Å². The lowest BCUT2D eigenvalue weighted by Gasteiger charge is -2.15. The minimum atomic E-state index is -0.119. The second-order valence-corrected chi connectivity index (χ2v) is 9.33. The van der Waals surface area contributed by atoms with Crippen LogP contribution in [0.4, 0.5) is 0 Å². The monoisotopic (exact) mass is 486 g/mol. The number of aromatic nitrogens is 4. The Morgan fingerprint density at radius 1 is 1.06 bits per heavy atom. The fraction of sp³-hybridized carbons (Fsp3) is 0.370. The van der Waals surface area contributed by atoms with Crippen molar-refractivity contribution in [2.75, 3.05) is 19.6 Å². The topological polar surface area (TPSA) is 102 Å². The number of fused-ring (bicyclic) bond motifs is 3. The fourth-order valence-electron chi connectivity index (χ4n) is 4.75. The van der Waals surface area contributed by atoms with E-state index >= 15 is 0 Å². The van der Waals surface area contributed by atoms with Gasteiger partial charge in [-0.3, -0.25) is 23.4 Å². The minimum absolute atomic E-state index is 0.0724. The molecule has 0 radical (unpaired) electrons. The van der Waals surface area contributed by atoms with Crippen molar-refractivity contribution in [3.8, 4) is 0 Å². The summed E-state index contributed by atoms with van der Waals surface area (Å²) in [4.78, 5) is 39.4. The molecule has 0 aliphatic carbocycles. The van der Waals surface area contributed by atoms with E-state index in [1.165, 1.54) is 0 Å². The van der Waals surface area contributed by atoms with Gasteiger partial charge in [-0.05, 0) is 37.5 Å². The summed E-state index contributed by atoms with van der Waals surface area (Å²) >= 11 is 0. The van der Waals surface area contributed by atoms with Gasteiger partial charge < -0.3 is 10.2 Å². The molecule has 0 unspecified atom stereocenters. The third-order valence-electron chi connectivity index (χ3n) is 6.71. The maximum absolute atomic E-state index is 13.3. The number of aryl methyl sites for hydroxylation is 2. The number of carbonyl (C=O) groups excluding carboxylic acids is 2. The normalized spacial score (nSPS) is 13.7. The highest BCUT2D eigenvalue weighted by Crippen LogP contribution is 2.17. The molecule has 9 heteroatoms. The van der Waals surface area contributed by atoms with Gasteiger partial charge in [-0.1, -0.05) is 42.0 Å². The first-order chi connectivity index (χ1) is 17.5. The van der Waals surface area contributed by atoms with Gasteiger partial charge >= 0.3 is 0 Å². The minimum Gasteiger partial charge on any atom is -0.356 e. The Kier molecular flexibility index (Phi) is 6.79. The Balaban J connectivity index is 1.32. The zero-order chi connectivity index (χ0) is 25.1. The predicted molar refractivity (Wildman–Crippen MR) is 137 cm³/mol. The summed E-state index contributed by atoms with van der Waals surface area (Å²) in [6, 6.07) is 15.5. The van der Waals surface area contributed by atoms with Crippen LogP contribution in [0.25, 0.3) is 16.7 Å². The summed E-state index contributed by atoms with van der Waals surface area (Å²) in [7, 11) is 0. The molecule has 3 heterocycles. The standard InChI is InChI=1S/C27H30N6O3/c1-19-9-11-20(12-10-19)18-32-26(36)21-6-2-3-7-22(21)33-23(29-30-27(32)33)13-14-24(34)28-15-5-17-31-16-4-8-25(31)35/h2-3,6-7,9-12H,4-5,8,13-18H2,1H3,(H,28,34). The molecule has 2 aromatic carbocycles. The number of benzene rings is 2. The van der Waals surface area contributed by atoms with E-state index in [4.69, 9.17) is 0 Å². The molecule has 1 aliphatic heterocycles. The summed E-state index contributed by atoms with van der Waals surface area (Å²) in [5.41, 5.74) is 2.77. The van der Waals surface area contributed by atoms with Gasteiger partial charge in [0.1, 0.15) is 5.82 Å². The molecule has 0 spiro atoms. The van der Waals surface area contributed by atoms with Crippen molar-refractivity contribution in [2.24, 2.45) is 0 Å². The van der Waals surface area contributed by atoms with Gasteiger partial charge in [-0.15, -0.1) is 10.2 Å². The number of hydrogen-bond acceptors (Lipinski definition) is 5. The van der Waals surface area contributed by atoms with E-state index in [1.807, 2.05) is 64.8 Å². The summed E-state index contributed by atoms with van der Waals surface area (Å²) in [5, 5.41) is 12.2. The molecule has 1 N–H and O–H groups in total. The SMILES string of the molecule is Cc1ccc(Cn2c(=O)c3ccccc3n3c(CCC(=O)NCCCN4CCCC4=O)nnc23)cc1. The third kappa shape index (κ3) is 4.86. The van der Waals surface area contributed by atoms with Gasteiger partial charge in [0, 0.05) is 38.9 Å².